The summed E-state index contributed by atoms with van der Waals surface area (Å²) in [7, 11) is 0. The molecule has 0 radical (unpaired) electrons. The van der Waals surface area contributed by atoms with Gasteiger partial charge in [-0.25, -0.2) is 0 Å². The van der Waals surface area contributed by atoms with Crippen LogP contribution >= 0.6 is 11.8 Å². The summed E-state index contributed by atoms with van der Waals surface area (Å²) in [5.74, 6) is 0.0692. The molecule has 6 heteroatoms. The van der Waals surface area contributed by atoms with Gasteiger partial charge in [0.1, 0.15) is 0 Å². The van der Waals surface area contributed by atoms with E-state index in [0.717, 1.165) is 10.6 Å². The molecule has 0 aliphatic carbocycles. The maximum atomic E-state index is 11.6. The fourth-order valence-corrected chi connectivity index (χ4v) is 2.97. The fourth-order valence-electron chi connectivity index (χ4n) is 1.93. The smallest absolute Gasteiger partial charge is 0.230 e. The van der Waals surface area contributed by atoms with Crippen LogP contribution in [0, 0.1) is 5.92 Å². The Hall–Kier alpha value is -1.82. The van der Waals surface area contributed by atoms with Gasteiger partial charge in [-0.15, -0.1) is 11.8 Å². The number of piperidine rings is 1. The lowest BCUT2D eigenvalue weighted by atomic mass is 10.0. The highest BCUT2D eigenvalue weighted by molar-refractivity contribution is 7.99. The third-order valence-electron chi connectivity index (χ3n) is 2.98. The number of carbonyl (C=O) groups excluding carboxylic acids is 3. The van der Waals surface area contributed by atoms with Crippen molar-refractivity contribution in [2.45, 2.75) is 24.7 Å². The van der Waals surface area contributed by atoms with Gasteiger partial charge in [0, 0.05) is 35.6 Å². The molecule has 1 unspecified atom stereocenters. The minimum absolute atomic E-state index is 0.103. The Morgan fingerprint density at radius 2 is 2.05 bits per heavy atom. The van der Waals surface area contributed by atoms with Crippen molar-refractivity contribution in [2.75, 3.05) is 11.1 Å². The van der Waals surface area contributed by atoms with Gasteiger partial charge in [-0.05, 0) is 30.7 Å². The van der Waals surface area contributed by atoms with E-state index in [-0.39, 0.29) is 23.6 Å². The van der Waals surface area contributed by atoms with E-state index in [9.17, 15) is 14.4 Å². The van der Waals surface area contributed by atoms with Crippen LogP contribution in [0.3, 0.4) is 0 Å². The topological polar surface area (TPSA) is 75.3 Å². The lowest BCUT2D eigenvalue weighted by Gasteiger charge is -2.20. The Balaban J connectivity index is 1.86. The summed E-state index contributed by atoms with van der Waals surface area (Å²) in [4.78, 5) is 34.6. The zero-order valence-corrected chi connectivity index (χ0v) is 12.0. The van der Waals surface area contributed by atoms with E-state index < -0.39 is 0 Å². The van der Waals surface area contributed by atoms with Crippen LogP contribution in [-0.4, -0.2) is 23.5 Å². The van der Waals surface area contributed by atoms with Crippen LogP contribution in [0.5, 0.6) is 0 Å². The summed E-state index contributed by atoms with van der Waals surface area (Å²) in [5.41, 5.74) is 0.753. The second-order valence-corrected chi connectivity index (χ2v) is 5.76. The molecule has 2 N–H and O–H groups in total. The number of carbonyl (C=O) groups is 3. The van der Waals surface area contributed by atoms with Crippen LogP contribution in [0.2, 0.25) is 0 Å². The lowest BCUT2D eigenvalue weighted by Crippen LogP contribution is -2.41. The number of anilines is 1. The maximum absolute atomic E-state index is 11.6. The summed E-state index contributed by atoms with van der Waals surface area (Å²) in [5, 5.41) is 5.06. The molecule has 1 fully saturated rings. The third kappa shape index (κ3) is 4.09. The minimum atomic E-state index is -0.184. The first-order valence-corrected chi connectivity index (χ1v) is 7.37. The molecule has 0 aromatic heterocycles. The van der Waals surface area contributed by atoms with Gasteiger partial charge < -0.3 is 5.32 Å². The largest absolute Gasteiger partial charge is 0.326 e. The Bertz CT molecular complexity index is 528. The molecule has 5 nitrogen and oxygen atoms in total. The second kappa shape index (κ2) is 6.56. The van der Waals surface area contributed by atoms with E-state index in [2.05, 4.69) is 10.6 Å². The highest BCUT2D eigenvalue weighted by Crippen LogP contribution is 2.25. The van der Waals surface area contributed by atoms with Gasteiger partial charge in [-0.2, -0.15) is 0 Å². The summed E-state index contributed by atoms with van der Waals surface area (Å²) >= 11 is 1.57. The molecule has 1 aromatic carbocycles. The SMILES string of the molecule is CC(=O)Nc1ccc(SCC2CCC(=O)NC2=O)cc1. The second-order valence-electron chi connectivity index (χ2n) is 4.66. The van der Waals surface area contributed by atoms with Gasteiger partial charge >= 0.3 is 0 Å². The standard InChI is InChI=1S/C14H16N2O3S/c1-9(17)15-11-3-5-12(6-4-11)20-8-10-2-7-13(18)16-14(10)19/h3-6,10H,2,7-8H2,1H3,(H,15,17)(H,16,18,19). The Labute approximate surface area is 121 Å². The molecule has 1 heterocycles. The van der Waals surface area contributed by atoms with Crippen molar-refractivity contribution >= 4 is 35.2 Å². The quantitative estimate of drug-likeness (QED) is 0.655. The molecular weight excluding hydrogens is 276 g/mol. The van der Waals surface area contributed by atoms with Crippen LogP contribution in [0.15, 0.2) is 29.2 Å². The van der Waals surface area contributed by atoms with Gasteiger partial charge in [-0.3, -0.25) is 19.7 Å². The van der Waals surface area contributed by atoms with Crippen LogP contribution in [0.25, 0.3) is 0 Å². The number of nitrogens with one attached hydrogen (secondary N) is 2. The number of amides is 3. The van der Waals surface area contributed by atoms with Gasteiger partial charge in [0.05, 0.1) is 0 Å². The number of imide groups is 1. The first kappa shape index (κ1) is 14.6. The molecule has 1 aliphatic heterocycles. The van der Waals surface area contributed by atoms with Crippen LogP contribution < -0.4 is 10.6 Å². The number of benzene rings is 1. The Morgan fingerprint density at radius 3 is 2.65 bits per heavy atom. The average molecular weight is 292 g/mol. The van der Waals surface area contributed by atoms with Gasteiger partial charge in [0.2, 0.25) is 17.7 Å². The molecule has 1 aromatic rings. The maximum Gasteiger partial charge on any atom is 0.230 e. The average Bonchev–Trinajstić information content (AvgIpc) is 2.39. The molecule has 0 spiro atoms. The van der Waals surface area contributed by atoms with Crippen molar-refractivity contribution in [2.24, 2.45) is 5.92 Å². The number of hydrogen-bond acceptors (Lipinski definition) is 4. The van der Waals surface area contributed by atoms with E-state index in [1.54, 1.807) is 11.8 Å². The normalized spacial score (nSPS) is 18.6. The molecule has 1 saturated heterocycles. The highest BCUT2D eigenvalue weighted by atomic mass is 32.2. The monoisotopic (exact) mass is 292 g/mol. The molecule has 1 aliphatic rings. The minimum Gasteiger partial charge on any atom is -0.326 e. The van der Waals surface area contributed by atoms with Gasteiger partial charge in [-0.1, -0.05) is 0 Å². The third-order valence-corrected chi connectivity index (χ3v) is 4.15. The number of thioether (sulfide) groups is 1. The molecule has 3 amide bonds. The van der Waals surface area contributed by atoms with E-state index >= 15 is 0 Å². The summed E-state index contributed by atoms with van der Waals surface area (Å²) < 4.78 is 0. The van der Waals surface area contributed by atoms with E-state index in [4.69, 9.17) is 0 Å². The van der Waals surface area contributed by atoms with Crippen LogP contribution in [-0.2, 0) is 14.4 Å². The zero-order chi connectivity index (χ0) is 14.5. The summed E-state index contributed by atoms with van der Waals surface area (Å²) in [6.45, 7) is 1.46. The van der Waals surface area contributed by atoms with Crippen molar-refractivity contribution < 1.29 is 14.4 Å². The fraction of sp³-hybridized carbons (Fsp3) is 0.357. The molecule has 1 atom stereocenters. The van der Waals surface area contributed by atoms with Crippen LogP contribution in [0.4, 0.5) is 5.69 Å². The number of hydrogen-bond donors (Lipinski definition) is 2. The molecule has 106 valence electrons. The Morgan fingerprint density at radius 1 is 1.35 bits per heavy atom. The van der Waals surface area contributed by atoms with Crippen molar-refractivity contribution in [3.8, 4) is 0 Å². The van der Waals surface area contributed by atoms with Crippen LogP contribution in [0.1, 0.15) is 19.8 Å². The van der Waals surface area contributed by atoms with Crippen molar-refractivity contribution in [3.05, 3.63) is 24.3 Å². The zero-order valence-electron chi connectivity index (χ0n) is 11.1. The summed E-state index contributed by atoms with van der Waals surface area (Å²) in [6, 6.07) is 7.46. The van der Waals surface area contributed by atoms with Gasteiger partial charge in [0.15, 0.2) is 0 Å². The molecule has 0 bridgehead atoms. The molecular formula is C14H16N2O3S. The first-order valence-electron chi connectivity index (χ1n) is 6.39. The lowest BCUT2D eigenvalue weighted by molar-refractivity contribution is -0.135. The Kier molecular flexibility index (Phi) is 4.79. The predicted octanol–water partition coefficient (Wildman–Crippen LogP) is 1.79. The summed E-state index contributed by atoms with van der Waals surface area (Å²) in [6.07, 6.45) is 1.03. The van der Waals surface area contributed by atoms with Crippen molar-refractivity contribution in [1.29, 1.82) is 0 Å². The predicted molar refractivity (Wildman–Crippen MR) is 77.3 cm³/mol. The molecule has 2 rings (SSSR count). The van der Waals surface area contributed by atoms with Crippen molar-refractivity contribution in [1.82, 2.24) is 5.32 Å². The number of rotatable bonds is 4. The van der Waals surface area contributed by atoms with Gasteiger partial charge in [0.25, 0.3) is 0 Å². The molecule has 0 saturated carbocycles. The van der Waals surface area contributed by atoms with E-state index in [1.165, 1.54) is 6.92 Å². The van der Waals surface area contributed by atoms with Crippen molar-refractivity contribution in [3.63, 3.8) is 0 Å². The molecule has 20 heavy (non-hydrogen) atoms. The highest BCUT2D eigenvalue weighted by Gasteiger charge is 2.26. The van der Waals surface area contributed by atoms with E-state index in [1.807, 2.05) is 24.3 Å². The first-order chi connectivity index (χ1) is 9.54. The van der Waals surface area contributed by atoms with E-state index in [0.29, 0.717) is 18.6 Å².